The summed E-state index contributed by atoms with van der Waals surface area (Å²) in [5, 5.41) is 5.06. The van der Waals surface area contributed by atoms with Crippen LogP contribution in [0.1, 0.15) is 53.0 Å². The van der Waals surface area contributed by atoms with Crippen molar-refractivity contribution in [3.05, 3.63) is 312 Å². The Hall–Kier alpha value is -9.44. The molecule has 2 atom stereocenters. The quantitative estimate of drug-likeness (QED) is 0.150. The Bertz CT molecular complexity index is 4210. The molecule has 0 radical (unpaired) electrons. The third-order valence-corrected chi connectivity index (χ3v) is 16.5. The second kappa shape index (κ2) is 20.3. The molecular weight excluding hydrogens is 943 g/mol. The van der Waals surface area contributed by atoms with Gasteiger partial charge in [-0.25, -0.2) is 0 Å². The molecule has 3 nitrogen and oxygen atoms in total. The number of para-hydroxylation sites is 2. The molecule has 4 aliphatic rings. The van der Waals surface area contributed by atoms with Crippen LogP contribution in [0.25, 0.3) is 72.2 Å². The van der Waals surface area contributed by atoms with Gasteiger partial charge in [0.15, 0.2) is 0 Å². The van der Waals surface area contributed by atoms with Crippen LogP contribution in [0.5, 0.6) is 0 Å². The lowest BCUT2D eigenvalue weighted by Gasteiger charge is -2.37. The highest BCUT2D eigenvalue weighted by atomic mass is 15.2. The lowest BCUT2D eigenvalue weighted by molar-refractivity contribution is 0.711. The summed E-state index contributed by atoms with van der Waals surface area (Å²) < 4.78 is 2.43. The van der Waals surface area contributed by atoms with E-state index in [9.17, 15) is 0 Å². The number of fused-ring (bicyclic) bond motifs is 8. The molecule has 0 amide bonds. The molecule has 1 aliphatic heterocycles. The largest absolute Gasteiger partial charge is 0.338 e. The van der Waals surface area contributed by atoms with Crippen molar-refractivity contribution in [2.75, 3.05) is 9.80 Å². The molecule has 10 aromatic carbocycles. The van der Waals surface area contributed by atoms with Crippen molar-refractivity contribution in [2.45, 2.75) is 44.6 Å². The monoisotopic (exact) mass is 1000 g/mol. The molecule has 3 aliphatic carbocycles. The number of nitrogens with zero attached hydrogens (tertiary/aromatic N) is 3. The van der Waals surface area contributed by atoms with E-state index >= 15 is 0 Å². The van der Waals surface area contributed by atoms with E-state index in [2.05, 4.69) is 282 Å². The Balaban J connectivity index is 0.000000734. The second-order valence-corrected chi connectivity index (χ2v) is 21.2. The zero-order valence-corrected chi connectivity index (χ0v) is 43.9. The number of rotatable bonds is 8. The van der Waals surface area contributed by atoms with Gasteiger partial charge in [-0.1, -0.05) is 200 Å². The van der Waals surface area contributed by atoms with E-state index in [1.54, 1.807) is 0 Å². The van der Waals surface area contributed by atoms with Crippen molar-refractivity contribution in [3.8, 4) is 27.9 Å². The van der Waals surface area contributed by atoms with E-state index in [-0.39, 0.29) is 6.04 Å². The maximum absolute atomic E-state index is 2.59. The molecule has 78 heavy (non-hydrogen) atoms. The van der Waals surface area contributed by atoms with Gasteiger partial charge >= 0.3 is 0 Å². The Morgan fingerprint density at radius 2 is 1.12 bits per heavy atom. The van der Waals surface area contributed by atoms with Crippen LogP contribution in [-0.2, 0) is 6.42 Å². The average molecular weight is 1000 g/mol. The van der Waals surface area contributed by atoms with Gasteiger partial charge in [0.2, 0.25) is 0 Å². The first kappa shape index (κ1) is 47.0. The van der Waals surface area contributed by atoms with Gasteiger partial charge in [-0.2, -0.15) is 0 Å². The first-order chi connectivity index (χ1) is 38.6. The van der Waals surface area contributed by atoms with E-state index in [0.717, 1.165) is 25.7 Å². The Morgan fingerprint density at radius 1 is 0.487 bits per heavy atom. The number of allylic oxidation sites excluding steroid dienone is 8. The summed E-state index contributed by atoms with van der Waals surface area (Å²) in [6.45, 7) is 2.08. The average Bonchev–Trinajstić information content (AvgIpc) is 4.18. The summed E-state index contributed by atoms with van der Waals surface area (Å²) in [5.74, 6) is 0.339. The molecule has 0 fully saturated rings. The molecule has 11 aromatic rings. The smallest absolute Gasteiger partial charge is 0.0562 e. The van der Waals surface area contributed by atoms with Crippen LogP contribution in [0.3, 0.4) is 0 Å². The highest BCUT2D eigenvalue weighted by Gasteiger charge is 2.35. The molecular formula is C75H59N3. The lowest BCUT2D eigenvalue weighted by Crippen LogP contribution is -2.36. The van der Waals surface area contributed by atoms with Crippen LogP contribution in [0.2, 0.25) is 0 Å². The lowest BCUT2D eigenvalue weighted by atomic mass is 9.90. The zero-order valence-electron chi connectivity index (χ0n) is 43.9. The number of hydrogen-bond donors (Lipinski definition) is 0. The minimum absolute atomic E-state index is 0.239. The van der Waals surface area contributed by atoms with Crippen molar-refractivity contribution >= 4 is 61.3 Å². The number of aromatic nitrogens is 1. The van der Waals surface area contributed by atoms with Gasteiger partial charge in [-0.3, -0.25) is 0 Å². The summed E-state index contributed by atoms with van der Waals surface area (Å²) in [5.41, 5.74) is 23.1. The van der Waals surface area contributed by atoms with E-state index in [4.69, 9.17) is 0 Å². The van der Waals surface area contributed by atoms with Crippen LogP contribution in [0.4, 0.5) is 17.1 Å². The van der Waals surface area contributed by atoms with E-state index in [0.29, 0.717) is 5.92 Å². The van der Waals surface area contributed by atoms with Gasteiger partial charge in [-0.15, -0.1) is 0 Å². The van der Waals surface area contributed by atoms with E-state index < -0.39 is 0 Å². The SMILES string of the molecule is C1=CCC2C(=C1)N(c1ccccc1)c1ccc(-c3ccc4c(c3)c3cc(-c5ccc(C6=CC=C(N(c7ccc8ccccc8c7)C7C=Cc8ccccc8C7)CC6)cc5)ccc3n4-c3ccccc3)cc12.Cc1ccccc1. The molecule has 374 valence electrons. The summed E-state index contributed by atoms with van der Waals surface area (Å²) >= 11 is 0. The Kier molecular flexibility index (Phi) is 12.2. The van der Waals surface area contributed by atoms with E-state index in [1.165, 1.54) is 122 Å². The predicted octanol–water partition coefficient (Wildman–Crippen LogP) is 19.6. The molecule has 2 unspecified atom stereocenters. The number of aryl methyl sites for hydroxylation is 1. The summed E-state index contributed by atoms with van der Waals surface area (Å²) in [4.78, 5) is 5.05. The third kappa shape index (κ3) is 8.78. The third-order valence-electron chi connectivity index (χ3n) is 16.5. The number of benzene rings is 10. The fourth-order valence-corrected chi connectivity index (χ4v) is 12.5. The Labute approximate surface area is 458 Å². The normalized spacial score (nSPS) is 16.2. The molecule has 0 saturated heterocycles. The Morgan fingerprint density at radius 3 is 1.83 bits per heavy atom. The highest BCUT2D eigenvalue weighted by Crippen LogP contribution is 2.52. The molecule has 0 bridgehead atoms. The first-order valence-corrected chi connectivity index (χ1v) is 27.6. The van der Waals surface area contributed by atoms with Crippen LogP contribution in [0, 0.1) is 6.92 Å². The molecule has 0 saturated carbocycles. The number of hydrogen-bond acceptors (Lipinski definition) is 2. The van der Waals surface area contributed by atoms with Gasteiger partial charge in [0, 0.05) is 50.8 Å². The standard InChI is InChI=1S/C68H51N3.C7H8/c1-3-17-56(18-4-1)70-65-22-12-11-21-61(65)62-44-54(32-39-66(62)70)55-33-40-68-64(45-55)63-43-53(31-38-67(63)71(68)57-19-5-2-6-20-57)50-25-23-48(24-26-50)49-27-34-58(35-28-49)69(59-36-29-46-13-7-9-15-51(46)41-59)60-37-30-47-14-8-10-16-52(47)42-60;1-7-5-3-2-4-6-7/h1-20,22-27,29-34,36-41,43-45,60-61H,21,28,35,42H2;2-6H,1H3. The molecule has 15 rings (SSSR count). The summed E-state index contributed by atoms with van der Waals surface area (Å²) in [6.07, 6.45) is 20.2. The minimum Gasteiger partial charge on any atom is -0.338 e. The van der Waals surface area contributed by atoms with Gasteiger partial charge in [0.1, 0.15) is 0 Å². The summed E-state index contributed by atoms with van der Waals surface area (Å²) in [6, 6.07) is 87.1. The van der Waals surface area contributed by atoms with Crippen molar-refractivity contribution < 1.29 is 0 Å². The molecule has 3 heteroatoms. The number of anilines is 3. The molecule has 1 aromatic heterocycles. The van der Waals surface area contributed by atoms with Crippen LogP contribution < -0.4 is 9.80 Å². The summed E-state index contributed by atoms with van der Waals surface area (Å²) in [7, 11) is 0. The second-order valence-electron chi connectivity index (χ2n) is 21.2. The minimum atomic E-state index is 0.239. The van der Waals surface area contributed by atoms with Gasteiger partial charge < -0.3 is 14.4 Å². The topological polar surface area (TPSA) is 11.4 Å². The molecule has 0 N–H and O–H groups in total. The van der Waals surface area contributed by atoms with Crippen molar-refractivity contribution in [3.63, 3.8) is 0 Å². The van der Waals surface area contributed by atoms with Crippen LogP contribution in [-0.4, -0.2) is 10.6 Å². The molecule has 0 spiro atoms. The van der Waals surface area contributed by atoms with Crippen LogP contribution >= 0.6 is 0 Å². The van der Waals surface area contributed by atoms with Gasteiger partial charge in [-0.05, 0) is 178 Å². The van der Waals surface area contributed by atoms with Crippen molar-refractivity contribution in [2.24, 2.45) is 0 Å². The molecule has 2 heterocycles. The fourth-order valence-electron chi connectivity index (χ4n) is 12.5. The predicted molar refractivity (Wildman–Crippen MR) is 331 cm³/mol. The van der Waals surface area contributed by atoms with Crippen molar-refractivity contribution in [1.82, 2.24) is 4.57 Å². The fraction of sp³-hybridized carbons (Fsp3) is 0.0933. The van der Waals surface area contributed by atoms with Gasteiger partial charge in [0.05, 0.1) is 17.1 Å². The van der Waals surface area contributed by atoms with Crippen molar-refractivity contribution in [1.29, 1.82) is 0 Å². The zero-order chi connectivity index (χ0) is 51.9. The van der Waals surface area contributed by atoms with Crippen LogP contribution in [0.15, 0.2) is 284 Å². The maximum atomic E-state index is 2.59. The maximum Gasteiger partial charge on any atom is 0.0562 e. The first-order valence-electron chi connectivity index (χ1n) is 27.6. The highest BCUT2D eigenvalue weighted by molar-refractivity contribution is 6.11. The van der Waals surface area contributed by atoms with Gasteiger partial charge in [0.25, 0.3) is 0 Å². The van der Waals surface area contributed by atoms with E-state index in [1.807, 2.05) is 18.2 Å².